The van der Waals surface area contributed by atoms with Gasteiger partial charge in [0.2, 0.25) is 0 Å². The minimum atomic E-state index is -0.607. The van der Waals surface area contributed by atoms with Crippen molar-refractivity contribution in [3.8, 4) is 0 Å². The van der Waals surface area contributed by atoms with Crippen molar-refractivity contribution in [2.75, 3.05) is 4.90 Å². The number of rotatable bonds is 2. The molecule has 0 saturated carbocycles. The topological polar surface area (TPSA) is 63.5 Å². The Kier molecular flexibility index (Phi) is 4.24. The Morgan fingerprint density at radius 1 is 1.33 bits per heavy atom. The lowest BCUT2D eigenvalue weighted by molar-refractivity contribution is -0.385. The number of halogens is 2. The van der Waals surface area contributed by atoms with Crippen LogP contribution in [0.25, 0.3) is 0 Å². The Bertz CT molecular complexity index is 841. The molecule has 7 heteroatoms. The van der Waals surface area contributed by atoms with Crippen molar-refractivity contribution >= 4 is 28.9 Å². The molecule has 0 spiro atoms. The summed E-state index contributed by atoms with van der Waals surface area (Å²) in [4.78, 5) is 25.1. The number of hydrogen-bond donors (Lipinski definition) is 0. The minimum absolute atomic E-state index is 0.0727. The molecule has 24 heavy (non-hydrogen) atoms. The van der Waals surface area contributed by atoms with Crippen molar-refractivity contribution in [1.29, 1.82) is 0 Å². The molecule has 2 aromatic rings. The van der Waals surface area contributed by atoms with Crippen LogP contribution in [-0.2, 0) is 6.42 Å². The maximum atomic E-state index is 13.5. The van der Waals surface area contributed by atoms with Crippen LogP contribution in [-0.4, -0.2) is 16.9 Å². The monoisotopic (exact) mass is 348 g/mol. The van der Waals surface area contributed by atoms with Crippen molar-refractivity contribution in [1.82, 2.24) is 0 Å². The second-order valence-electron chi connectivity index (χ2n) is 5.75. The minimum Gasteiger partial charge on any atom is -0.305 e. The molecule has 124 valence electrons. The molecule has 3 rings (SSSR count). The Morgan fingerprint density at radius 3 is 2.79 bits per heavy atom. The summed E-state index contributed by atoms with van der Waals surface area (Å²) >= 11 is 5.92. The predicted molar refractivity (Wildman–Crippen MR) is 89.1 cm³/mol. The fourth-order valence-corrected chi connectivity index (χ4v) is 3.17. The Morgan fingerprint density at radius 2 is 2.08 bits per heavy atom. The maximum absolute atomic E-state index is 13.5. The Labute approximate surface area is 142 Å². The van der Waals surface area contributed by atoms with Crippen LogP contribution in [0, 0.1) is 15.9 Å². The summed E-state index contributed by atoms with van der Waals surface area (Å²) in [6, 6.07) is 7.95. The van der Waals surface area contributed by atoms with Gasteiger partial charge in [0.25, 0.3) is 11.6 Å². The molecule has 1 amide bonds. The number of carbonyl (C=O) groups excluding carboxylic acids is 1. The molecular formula is C17H14ClFN2O3. The zero-order valence-corrected chi connectivity index (χ0v) is 13.6. The van der Waals surface area contributed by atoms with Gasteiger partial charge in [-0.15, -0.1) is 0 Å². The van der Waals surface area contributed by atoms with Crippen LogP contribution in [0.3, 0.4) is 0 Å². The van der Waals surface area contributed by atoms with Crippen LogP contribution in [0.1, 0.15) is 29.3 Å². The van der Waals surface area contributed by atoms with E-state index in [1.807, 2.05) is 6.92 Å². The van der Waals surface area contributed by atoms with Crippen molar-refractivity contribution in [2.24, 2.45) is 0 Å². The smallest absolute Gasteiger partial charge is 0.282 e. The van der Waals surface area contributed by atoms with Crippen LogP contribution in [0.15, 0.2) is 36.4 Å². The number of nitrogens with zero attached hydrogens (tertiary/aromatic N) is 2. The van der Waals surface area contributed by atoms with Crippen molar-refractivity contribution in [2.45, 2.75) is 25.8 Å². The molecule has 0 unspecified atom stereocenters. The van der Waals surface area contributed by atoms with Gasteiger partial charge < -0.3 is 4.90 Å². The largest absolute Gasteiger partial charge is 0.305 e. The summed E-state index contributed by atoms with van der Waals surface area (Å²) in [5.41, 5.74) is 0.919. The number of benzene rings is 2. The second kappa shape index (κ2) is 6.20. The Balaban J connectivity index is 2.11. The fraction of sp³-hybridized carbons (Fsp3) is 0.235. The van der Waals surface area contributed by atoms with Gasteiger partial charge in [-0.1, -0.05) is 11.6 Å². The van der Waals surface area contributed by atoms with Gasteiger partial charge in [0.1, 0.15) is 11.4 Å². The van der Waals surface area contributed by atoms with E-state index in [1.165, 1.54) is 41.3 Å². The standard InChI is InChI=1S/C17H14ClFN2O3/c1-10-2-3-11-8-13(19)5-7-15(11)20(10)17(22)14-9-12(18)4-6-16(14)21(23)24/h4-10H,2-3H2,1H3/t10-/m1/s1. The summed E-state index contributed by atoms with van der Waals surface area (Å²) in [6.07, 6.45) is 1.30. The van der Waals surface area contributed by atoms with Gasteiger partial charge in [0.15, 0.2) is 0 Å². The highest BCUT2D eigenvalue weighted by Crippen LogP contribution is 2.34. The first kappa shape index (κ1) is 16.4. The summed E-state index contributed by atoms with van der Waals surface area (Å²) in [6.45, 7) is 1.86. The molecule has 0 radical (unpaired) electrons. The fourth-order valence-electron chi connectivity index (χ4n) is 3.00. The third-order valence-electron chi connectivity index (χ3n) is 4.18. The highest BCUT2D eigenvalue weighted by Gasteiger charge is 2.32. The van der Waals surface area contributed by atoms with E-state index in [9.17, 15) is 19.3 Å². The van der Waals surface area contributed by atoms with E-state index < -0.39 is 10.8 Å². The molecule has 1 aliphatic rings. The van der Waals surface area contributed by atoms with Crippen LogP contribution in [0.2, 0.25) is 5.02 Å². The molecule has 0 saturated heterocycles. The third-order valence-corrected chi connectivity index (χ3v) is 4.41. The van der Waals surface area contributed by atoms with Crippen molar-refractivity contribution < 1.29 is 14.1 Å². The van der Waals surface area contributed by atoms with E-state index in [4.69, 9.17) is 11.6 Å². The normalized spacial score (nSPS) is 16.6. The highest BCUT2D eigenvalue weighted by molar-refractivity contribution is 6.31. The van der Waals surface area contributed by atoms with Gasteiger partial charge in [0.05, 0.1) is 4.92 Å². The zero-order valence-electron chi connectivity index (χ0n) is 12.8. The van der Waals surface area contributed by atoms with Crippen LogP contribution < -0.4 is 4.90 Å². The zero-order chi connectivity index (χ0) is 17.4. The summed E-state index contributed by atoms with van der Waals surface area (Å²) in [7, 11) is 0. The van der Waals surface area contributed by atoms with E-state index in [0.717, 1.165) is 0 Å². The van der Waals surface area contributed by atoms with E-state index >= 15 is 0 Å². The summed E-state index contributed by atoms with van der Waals surface area (Å²) in [5.74, 6) is -0.881. The van der Waals surface area contributed by atoms with Gasteiger partial charge in [-0.05, 0) is 55.7 Å². The molecule has 0 fully saturated rings. The van der Waals surface area contributed by atoms with E-state index in [-0.39, 0.29) is 28.1 Å². The number of aryl methyl sites for hydroxylation is 1. The van der Waals surface area contributed by atoms with Crippen LogP contribution >= 0.6 is 11.6 Å². The predicted octanol–water partition coefficient (Wildman–Crippen LogP) is 4.37. The molecule has 1 heterocycles. The molecule has 2 aromatic carbocycles. The van der Waals surface area contributed by atoms with E-state index in [0.29, 0.717) is 24.1 Å². The van der Waals surface area contributed by atoms with E-state index in [2.05, 4.69) is 0 Å². The molecular weight excluding hydrogens is 335 g/mol. The SMILES string of the molecule is C[C@@H]1CCc2cc(F)ccc2N1C(=O)c1cc(Cl)ccc1[N+](=O)[O-]. The number of anilines is 1. The number of fused-ring (bicyclic) bond motifs is 1. The Hall–Kier alpha value is -2.47. The molecule has 0 aromatic heterocycles. The lowest BCUT2D eigenvalue weighted by Gasteiger charge is -2.35. The third kappa shape index (κ3) is 2.85. The number of carbonyl (C=O) groups is 1. The number of hydrogen-bond acceptors (Lipinski definition) is 3. The first-order valence-corrected chi connectivity index (χ1v) is 7.82. The summed E-state index contributed by atoms with van der Waals surface area (Å²) < 4.78 is 13.5. The summed E-state index contributed by atoms with van der Waals surface area (Å²) in [5, 5.41) is 11.5. The van der Waals surface area contributed by atoms with Gasteiger partial charge in [-0.2, -0.15) is 0 Å². The van der Waals surface area contributed by atoms with E-state index in [1.54, 1.807) is 0 Å². The first-order valence-electron chi connectivity index (χ1n) is 7.44. The number of nitro groups is 1. The maximum Gasteiger partial charge on any atom is 0.282 e. The molecule has 1 aliphatic heterocycles. The lowest BCUT2D eigenvalue weighted by atomic mass is 9.95. The van der Waals surface area contributed by atoms with Gasteiger partial charge in [-0.3, -0.25) is 14.9 Å². The number of nitro benzene ring substituents is 1. The van der Waals surface area contributed by atoms with Crippen LogP contribution in [0.5, 0.6) is 0 Å². The molecule has 0 N–H and O–H groups in total. The van der Waals surface area contributed by atoms with Gasteiger partial charge in [-0.25, -0.2) is 4.39 Å². The lowest BCUT2D eigenvalue weighted by Crippen LogP contribution is -2.42. The molecule has 0 bridgehead atoms. The quantitative estimate of drug-likeness (QED) is 0.598. The average Bonchev–Trinajstić information content (AvgIpc) is 2.54. The van der Waals surface area contributed by atoms with Gasteiger partial charge in [0, 0.05) is 22.8 Å². The first-order chi connectivity index (χ1) is 11.4. The highest BCUT2D eigenvalue weighted by atomic mass is 35.5. The van der Waals surface area contributed by atoms with Crippen molar-refractivity contribution in [3.63, 3.8) is 0 Å². The van der Waals surface area contributed by atoms with Gasteiger partial charge >= 0.3 is 0 Å². The average molecular weight is 349 g/mol. The molecule has 5 nitrogen and oxygen atoms in total. The molecule has 0 aliphatic carbocycles. The number of amides is 1. The van der Waals surface area contributed by atoms with Crippen molar-refractivity contribution in [3.05, 3.63) is 68.5 Å². The van der Waals surface area contributed by atoms with Crippen LogP contribution in [0.4, 0.5) is 15.8 Å². The second-order valence-corrected chi connectivity index (χ2v) is 6.19. The molecule has 1 atom stereocenters.